The molecule has 6 heteroatoms. The van der Waals surface area contributed by atoms with Gasteiger partial charge in [0.1, 0.15) is 0 Å². The third-order valence-electron chi connectivity index (χ3n) is 1.35. The second-order valence-electron chi connectivity index (χ2n) is 2.31. The zero-order valence-electron chi connectivity index (χ0n) is 10.9. The van der Waals surface area contributed by atoms with E-state index in [4.69, 9.17) is 5.73 Å². The maximum Gasteiger partial charge on any atom is 0.220 e. The summed E-state index contributed by atoms with van der Waals surface area (Å²) in [5.74, 6) is 0.233. The van der Waals surface area contributed by atoms with E-state index in [0.717, 1.165) is 0 Å². The Bertz CT molecular complexity index is 334. The monoisotopic (exact) mass is 238 g/mol. The van der Waals surface area contributed by atoms with Gasteiger partial charge in [-0.1, -0.05) is 20.4 Å². The van der Waals surface area contributed by atoms with E-state index in [9.17, 15) is 0 Å². The molecule has 0 unspecified atom stereocenters. The normalized spacial score (nSPS) is 8.53. The summed E-state index contributed by atoms with van der Waals surface area (Å²) in [6.45, 7) is 7.77. The van der Waals surface area contributed by atoms with E-state index in [-0.39, 0.29) is 5.95 Å². The van der Waals surface area contributed by atoms with Gasteiger partial charge in [0, 0.05) is 18.8 Å². The van der Waals surface area contributed by atoms with Gasteiger partial charge in [-0.2, -0.15) is 5.10 Å². The summed E-state index contributed by atoms with van der Waals surface area (Å²) in [6, 6.07) is 1.72. The Balaban J connectivity index is 0. The van der Waals surface area contributed by atoms with Crippen molar-refractivity contribution in [1.29, 1.82) is 0 Å². The van der Waals surface area contributed by atoms with Crippen molar-refractivity contribution < 1.29 is 0 Å². The van der Waals surface area contributed by atoms with E-state index in [1.165, 1.54) is 7.05 Å². The van der Waals surface area contributed by atoms with Gasteiger partial charge in [0.15, 0.2) is 0 Å². The van der Waals surface area contributed by atoms with E-state index in [1.807, 2.05) is 13.8 Å². The predicted molar refractivity (Wildman–Crippen MR) is 74.5 cm³/mol. The molecule has 0 aliphatic heterocycles. The highest BCUT2D eigenvalue weighted by Crippen LogP contribution is 2.06. The Morgan fingerprint density at radius 2 is 2.06 bits per heavy atom. The molecule has 5 N–H and O–H groups in total. The number of nitrogens with one attached hydrogen (secondary N) is 1. The predicted octanol–water partition coefficient (Wildman–Crippen LogP) is 0.878. The number of rotatable bonds is 3. The number of nitrogens with two attached hydrogens (primary N) is 2. The van der Waals surface area contributed by atoms with Crippen LogP contribution in [0, 0.1) is 0 Å². The highest BCUT2D eigenvalue weighted by molar-refractivity contribution is 6.07. The fourth-order valence-corrected chi connectivity index (χ4v) is 0.761. The van der Waals surface area contributed by atoms with Crippen molar-refractivity contribution in [3.8, 4) is 0 Å². The van der Waals surface area contributed by atoms with Crippen molar-refractivity contribution in [3.63, 3.8) is 0 Å². The van der Waals surface area contributed by atoms with Crippen molar-refractivity contribution in [2.75, 3.05) is 19.8 Å². The lowest BCUT2D eigenvalue weighted by atomic mass is 10.2. The van der Waals surface area contributed by atoms with Crippen LogP contribution in [0.5, 0.6) is 0 Å². The molecule has 0 fully saturated rings. The fourth-order valence-electron chi connectivity index (χ4n) is 0.761. The maximum atomic E-state index is 5.40. The largest absolute Gasteiger partial charge is 0.368 e. The molecule has 1 aromatic rings. The first-order chi connectivity index (χ1) is 8.24. The van der Waals surface area contributed by atoms with E-state index in [1.54, 1.807) is 25.5 Å². The molecular formula is C11H22N6. The van der Waals surface area contributed by atoms with Crippen molar-refractivity contribution in [2.45, 2.75) is 13.8 Å². The molecule has 0 amide bonds. The zero-order valence-corrected chi connectivity index (χ0v) is 10.9. The zero-order chi connectivity index (χ0) is 13.7. The Kier molecular flexibility index (Phi) is 12.4. The Morgan fingerprint density at radius 1 is 1.47 bits per heavy atom. The summed E-state index contributed by atoms with van der Waals surface area (Å²) in [5, 5.41) is 3.80. The molecule has 0 radical (unpaired) electrons. The molecule has 0 aromatic carbocycles. The first-order valence-electron chi connectivity index (χ1n) is 5.29. The molecule has 17 heavy (non-hydrogen) atoms. The van der Waals surface area contributed by atoms with Crippen LogP contribution in [0.4, 0.5) is 5.95 Å². The molecule has 0 saturated carbocycles. The van der Waals surface area contributed by atoms with Crippen LogP contribution in [0.3, 0.4) is 0 Å². The van der Waals surface area contributed by atoms with Crippen molar-refractivity contribution in [3.05, 3.63) is 24.5 Å². The average molecular weight is 238 g/mol. The van der Waals surface area contributed by atoms with Crippen LogP contribution in [0.2, 0.25) is 0 Å². The quantitative estimate of drug-likeness (QED) is 0.536. The second kappa shape index (κ2) is 12.1. The summed E-state index contributed by atoms with van der Waals surface area (Å²) in [5.41, 5.74) is 13.9. The number of hydrazone groups is 1. The number of allylic oxidation sites excluding steroid dienone is 1. The van der Waals surface area contributed by atoms with Crippen molar-refractivity contribution in [1.82, 2.24) is 15.4 Å². The third kappa shape index (κ3) is 7.92. The van der Waals surface area contributed by atoms with E-state index < -0.39 is 0 Å². The van der Waals surface area contributed by atoms with Crippen LogP contribution < -0.4 is 16.9 Å². The second-order valence-corrected chi connectivity index (χ2v) is 2.31. The fraction of sp³-hybridized carbons (Fsp3) is 0.364. The molecule has 1 heterocycles. The van der Waals surface area contributed by atoms with Crippen LogP contribution in [-0.2, 0) is 0 Å². The molecule has 1 rings (SSSR count). The first kappa shape index (κ1) is 17.4. The van der Waals surface area contributed by atoms with Gasteiger partial charge in [-0.25, -0.2) is 9.97 Å². The molecule has 1 aromatic heterocycles. The lowest BCUT2D eigenvalue weighted by Gasteiger charge is -1.98. The Hall–Kier alpha value is -1.95. The minimum Gasteiger partial charge on any atom is -0.368 e. The van der Waals surface area contributed by atoms with Gasteiger partial charge < -0.3 is 16.9 Å². The van der Waals surface area contributed by atoms with Crippen LogP contribution in [0.15, 0.2) is 23.9 Å². The standard InChI is InChI=1S/C8H11N5.C2H6.CH5N/c1-6(5-12-10-2)7-3-4-11-8(9)13-7;2*1-2/h3-5,10H,1H2,2H3,(H2,9,11,13);1-2H3;2H2,1H3/b12-5-;;. The summed E-state index contributed by atoms with van der Waals surface area (Å²) >= 11 is 0. The number of anilines is 1. The van der Waals surface area contributed by atoms with Crippen molar-refractivity contribution >= 4 is 17.7 Å². The van der Waals surface area contributed by atoms with Gasteiger partial charge in [0.25, 0.3) is 0 Å². The summed E-state index contributed by atoms with van der Waals surface area (Å²) in [4.78, 5) is 7.74. The van der Waals surface area contributed by atoms with Gasteiger partial charge in [0.2, 0.25) is 5.95 Å². The van der Waals surface area contributed by atoms with E-state index in [2.05, 4.69) is 32.8 Å². The minimum absolute atomic E-state index is 0.233. The van der Waals surface area contributed by atoms with Crippen LogP contribution >= 0.6 is 0 Å². The smallest absolute Gasteiger partial charge is 0.220 e. The molecule has 0 aliphatic carbocycles. The SMILES string of the molecule is C=C(/C=N\NC)c1ccnc(N)n1.CC.CN. The number of aromatic nitrogens is 2. The molecule has 0 spiro atoms. The average Bonchev–Trinajstić information content (AvgIpc) is 2.40. The number of hydrogen-bond donors (Lipinski definition) is 3. The van der Waals surface area contributed by atoms with Crippen LogP contribution in [0.1, 0.15) is 19.5 Å². The first-order valence-corrected chi connectivity index (χ1v) is 5.29. The molecule has 0 bridgehead atoms. The topological polar surface area (TPSA) is 102 Å². The Labute approximate surface area is 103 Å². The summed E-state index contributed by atoms with van der Waals surface area (Å²) < 4.78 is 0. The lowest BCUT2D eigenvalue weighted by molar-refractivity contribution is 0.909. The lowest BCUT2D eigenvalue weighted by Crippen LogP contribution is -1.99. The molecule has 0 atom stereocenters. The number of nitrogen functional groups attached to an aromatic ring is 1. The van der Waals surface area contributed by atoms with Crippen molar-refractivity contribution in [2.24, 2.45) is 10.8 Å². The summed E-state index contributed by atoms with van der Waals surface area (Å²) in [7, 11) is 3.21. The highest BCUT2D eigenvalue weighted by Gasteiger charge is 1.97. The highest BCUT2D eigenvalue weighted by atomic mass is 15.3. The molecular weight excluding hydrogens is 216 g/mol. The van der Waals surface area contributed by atoms with Gasteiger partial charge in [0.05, 0.1) is 11.9 Å². The number of hydrogen-bond acceptors (Lipinski definition) is 6. The van der Waals surface area contributed by atoms with Crippen LogP contribution in [0.25, 0.3) is 5.57 Å². The molecule has 0 saturated heterocycles. The van der Waals surface area contributed by atoms with Gasteiger partial charge in [-0.15, -0.1) is 0 Å². The van der Waals surface area contributed by atoms with Gasteiger partial charge in [-0.3, -0.25) is 0 Å². The third-order valence-corrected chi connectivity index (χ3v) is 1.35. The summed E-state index contributed by atoms with van der Waals surface area (Å²) in [6.07, 6.45) is 3.15. The van der Waals surface area contributed by atoms with E-state index >= 15 is 0 Å². The molecule has 0 aliphatic rings. The van der Waals surface area contributed by atoms with Crippen LogP contribution in [-0.4, -0.2) is 30.3 Å². The number of nitrogens with zero attached hydrogens (tertiary/aromatic N) is 3. The molecule has 6 nitrogen and oxygen atoms in total. The van der Waals surface area contributed by atoms with Gasteiger partial charge in [-0.05, 0) is 13.1 Å². The molecule has 96 valence electrons. The minimum atomic E-state index is 0.233. The van der Waals surface area contributed by atoms with E-state index in [0.29, 0.717) is 11.3 Å². The Morgan fingerprint density at radius 3 is 2.53 bits per heavy atom. The van der Waals surface area contributed by atoms with Gasteiger partial charge >= 0.3 is 0 Å². The maximum absolute atomic E-state index is 5.40.